The van der Waals surface area contributed by atoms with Gasteiger partial charge in [0, 0.05) is 22.5 Å². The van der Waals surface area contributed by atoms with Gasteiger partial charge in [0.15, 0.2) is 0 Å². The minimum atomic E-state index is -0.521. The molecular formula is C19H20BrNO4. The minimum absolute atomic E-state index is 0.0759. The lowest BCUT2D eigenvalue weighted by Gasteiger charge is -2.19. The van der Waals surface area contributed by atoms with Crippen molar-refractivity contribution in [1.29, 1.82) is 0 Å². The number of nitro benzene ring substituents is 1. The first kappa shape index (κ1) is 19.1. The molecule has 0 spiro atoms. The number of nitrogens with zero attached hydrogens (tertiary/aromatic N) is 1. The topological polar surface area (TPSA) is 69.4 Å². The molecule has 0 heterocycles. The minimum Gasteiger partial charge on any atom is -0.460 e. The first-order chi connectivity index (χ1) is 11.6. The number of carbonyl (C=O) groups excluding carboxylic acids is 1. The molecule has 0 bridgehead atoms. The van der Waals surface area contributed by atoms with E-state index in [1.165, 1.54) is 6.07 Å². The third-order valence-corrected chi connectivity index (χ3v) is 3.89. The van der Waals surface area contributed by atoms with Crippen LogP contribution < -0.4 is 0 Å². The number of esters is 1. The highest BCUT2D eigenvalue weighted by molar-refractivity contribution is 9.10. The molecule has 0 aliphatic carbocycles. The van der Waals surface area contributed by atoms with Gasteiger partial charge in [0.05, 0.1) is 11.3 Å². The standard InChI is InChI=1S/C19H20BrNO4/c1-19(2,3)25-18(22)11-14-6-4-5-13(9-14)10-15-7-8-16(20)12-17(15)21(23)24/h4-9,12H,10-11H2,1-3H3. The van der Waals surface area contributed by atoms with Crippen molar-refractivity contribution in [1.82, 2.24) is 0 Å². The van der Waals surface area contributed by atoms with Crippen molar-refractivity contribution < 1.29 is 14.5 Å². The Morgan fingerprint density at radius 3 is 2.48 bits per heavy atom. The Morgan fingerprint density at radius 2 is 1.84 bits per heavy atom. The van der Waals surface area contributed by atoms with Crippen LogP contribution in [-0.4, -0.2) is 16.5 Å². The highest BCUT2D eigenvalue weighted by atomic mass is 79.9. The lowest BCUT2D eigenvalue weighted by molar-refractivity contribution is -0.385. The molecule has 6 heteroatoms. The summed E-state index contributed by atoms with van der Waals surface area (Å²) in [5.74, 6) is -0.292. The second-order valence-electron chi connectivity index (χ2n) is 6.79. The molecule has 132 valence electrons. The molecule has 2 aromatic rings. The van der Waals surface area contributed by atoms with Gasteiger partial charge in [0.25, 0.3) is 5.69 Å². The van der Waals surface area contributed by atoms with E-state index in [-0.39, 0.29) is 23.0 Å². The Kier molecular flexibility index (Phi) is 5.95. The summed E-state index contributed by atoms with van der Waals surface area (Å²) >= 11 is 3.26. The SMILES string of the molecule is CC(C)(C)OC(=O)Cc1cccc(Cc2ccc(Br)cc2[N+](=O)[O-])c1. The van der Waals surface area contributed by atoms with Crippen LogP contribution in [0.4, 0.5) is 5.69 Å². The predicted octanol–water partition coefficient (Wildman–Crippen LogP) is 4.83. The van der Waals surface area contributed by atoms with Gasteiger partial charge in [-0.3, -0.25) is 14.9 Å². The molecule has 0 aliphatic heterocycles. The molecule has 25 heavy (non-hydrogen) atoms. The normalized spacial score (nSPS) is 11.2. The summed E-state index contributed by atoms with van der Waals surface area (Å²) in [4.78, 5) is 22.8. The summed E-state index contributed by atoms with van der Waals surface area (Å²) in [5, 5.41) is 11.2. The maximum absolute atomic E-state index is 12.0. The molecule has 0 N–H and O–H groups in total. The van der Waals surface area contributed by atoms with Gasteiger partial charge < -0.3 is 4.74 Å². The number of nitro groups is 1. The smallest absolute Gasteiger partial charge is 0.310 e. The van der Waals surface area contributed by atoms with Gasteiger partial charge in [-0.15, -0.1) is 0 Å². The molecule has 0 atom stereocenters. The van der Waals surface area contributed by atoms with Crippen LogP contribution in [0.25, 0.3) is 0 Å². The van der Waals surface area contributed by atoms with E-state index >= 15 is 0 Å². The van der Waals surface area contributed by atoms with Gasteiger partial charge in [-0.1, -0.05) is 46.3 Å². The largest absolute Gasteiger partial charge is 0.460 e. The second kappa shape index (κ2) is 7.78. The second-order valence-corrected chi connectivity index (χ2v) is 7.71. The van der Waals surface area contributed by atoms with E-state index in [9.17, 15) is 14.9 Å². The van der Waals surface area contributed by atoms with Crippen molar-refractivity contribution >= 4 is 27.6 Å². The molecular weight excluding hydrogens is 386 g/mol. The van der Waals surface area contributed by atoms with E-state index in [0.29, 0.717) is 16.5 Å². The van der Waals surface area contributed by atoms with Gasteiger partial charge in [0.2, 0.25) is 0 Å². The number of ether oxygens (including phenoxy) is 1. The number of benzene rings is 2. The van der Waals surface area contributed by atoms with E-state index in [2.05, 4.69) is 15.9 Å². The lowest BCUT2D eigenvalue weighted by atomic mass is 10.0. The van der Waals surface area contributed by atoms with E-state index in [0.717, 1.165) is 11.1 Å². The Morgan fingerprint density at radius 1 is 1.16 bits per heavy atom. The fourth-order valence-electron chi connectivity index (χ4n) is 2.47. The average Bonchev–Trinajstić information content (AvgIpc) is 2.47. The molecule has 0 aromatic heterocycles. The quantitative estimate of drug-likeness (QED) is 0.405. The van der Waals surface area contributed by atoms with E-state index < -0.39 is 5.60 Å². The maximum atomic E-state index is 12.0. The summed E-state index contributed by atoms with van der Waals surface area (Å²) in [6.07, 6.45) is 0.597. The van der Waals surface area contributed by atoms with Crippen molar-refractivity contribution in [2.45, 2.75) is 39.2 Å². The van der Waals surface area contributed by atoms with Crippen molar-refractivity contribution in [3.05, 3.63) is 73.7 Å². The van der Waals surface area contributed by atoms with Crippen LogP contribution in [0.5, 0.6) is 0 Å². The van der Waals surface area contributed by atoms with Gasteiger partial charge >= 0.3 is 5.97 Å². The molecule has 0 saturated carbocycles. The summed E-state index contributed by atoms with van der Waals surface area (Å²) < 4.78 is 6.00. The molecule has 2 aromatic carbocycles. The average molecular weight is 406 g/mol. The zero-order valence-electron chi connectivity index (χ0n) is 14.4. The van der Waals surface area contributed by atoms with Crippen LogP contribution in [0.2, 0.25) is 0 Å². The molecule has 5 nitrogen and oxygen atoms in total. The Hall–Kier alpha value is -2.21. The number of hydrogen-bond donors (Lipinski definition) is 0. The van der Waals surface area contributed by atoms with Crippen LogP contribution in [0.1, 0.15) is 37.5 Å². The van der Waals surface area contributed by atoms with Crippen LogP contribution in [0.15, 0.2) is 46.9 Å². The third kappa shape index (κ3) is 5.98. The van der Waals surface area contributed by atoms with Gasteiger partial charge in [-0.05, 0) is 38.0 Å². The first-order valence-corrected chi connectivity index (χ1v) is 8.66. The molecule has 0 fully saturated rings. The highest BCUT2D eigenvalue weighted by Crippen LogP contribution is 2.26. The van der Waals surface area contributed by atoms with Gasteiger partial charge in [0.1, 0.15) is 5.60 Å². The Labute approximate surface area is 155 Å². The lowest BCUT2D eigenvalue weighted by Crippen LogP contribution is -2.24. The summed E-state index contributed by atoms with van der Waals surface area (Å²) in [6, 6.07) is 12.5. The van der Waals surface area contributed by atoms with Crippen molar-refractivity contribution in [3.8, 4) is 0 Å². The number of carbonyl (C=O) groups is 1. The molecule has 0 aliphatic rings. The third-order valence-electron chi connectivity index (χ3n) is 3.40. The molecule has 0 amide bonds. The zero-order chi connectivity index (χ0) is 18.6. The highest BCUT2D eigenvalue weighted by Gasteiger charge is 2.17. The van der Waals surface area contributed by atoms with Crippen LogP contribution >= 0.6 is 15.9 Å². The molecule has 2 rings (SSSR count). The predicted molar refractivity (Wildman–Crippen MR) is 99.6 cm³/mol. The van der Waals surface area contributed by atoms with Crippen LogP contribution in [-0.2, 0) is 22.4 Å². The zero-order valence-corrected chi connectivity index (χ0v) is 16.0. The number of hydrogen-bond acceptors (Lipinski definition) is 4. The van der Waals surface area contributed by atoms with Crippen molar-refractivity contribution in [3.63, 3.8) is 0 Å². The summed E-state index contributed by atoms with van der Waals surface area (Å²) in [5.41, 5.74) is 1.92. The van der Waals surface area contributed by atoms with E-state index in [4.69, 9.17) is 4.74 Å². The van der Waals surface area contributed by atoms with Crippen molar-refractivity contribution in [2.75, 3.05) is 0 Å². The molecule has 0 radical (unpaired) electrons. The summed E-state index contributed by atoms with van der Waals surface area (Å²) in [6.45, 7) is 5.48. The molecule has 0 saturated heterocycles. The fourth-order valence-corrected chi connectivity index (χ4v) is 2.82. The molecule has 0 unspecified atom stereocenters. The van der Waals surface area contributed by atoms with Gasteiger partial charge in [-0.2, -0.15) is 0 Å². The summed E-state index contributed by atoms with van der Waals surface area (Å²) in [7, 11) is 0. The van der Waals surface area contributed by atoms with Crippen LogP contribution in [0.3, 0.4) is 0 Å². The Bertz CT molecular complexity index is 796. The monoisotopic (exact) mass is 405 g/mol. The Balaban J connectivity index is 2.17. The van der Waals surface area contributed by atoms with E-state index in [1.54, 1.807) is 12.1 Å². The van der Waals surface area contributed by atoms with E-state index in [1.807, 2.05) is 45.0 Å². The fraction of sp³-hybridized carbons (Fsp3) is 0.316. The first-order valence-electron chi connectivity index (χ1n) is 7.86. The number of rotatable bonds is 5. The van der Waals surface area contributed by atoms with Crippen LogP contribution in [0, 0.1) is 10.1 Å². The van der Waals surface area contributed by atoms with Crippen molar-refractivity contribution in [2.24, 2.45) is 0 Å². The van der Waals surface area contributed by atoms with Gasteiger partial charge in [-0.25, -0.2) is 0 Å². The number of halogens is 1. The maximum Gasteiger partial charge on any atom is 0.310 e.